The summed E-state index contributed by atoms with van der Waals surface area (Å²) in [7, 11) is 6.93. The maximum Gasteiger partial charge on any atom is 0.358 e. The number of ether oxygens (including phenoxy) is 6. The fourth-order valence-electron chi connectivity index (χ4n) is 13.0. The minimum Gasteiger partial charge on any atom is -0.506 e. The number of nitrogens with one attached hydrogen (secondary N) is 5. The van der Waals surface area contributed by atoms with E-state index in [1.807, 2.05) is 0 Å². The number of amides is 5. The Kier molecular flexibility index (Phi) is 20.7. The van der Waals surface area contributed by atoms with E-state index in [2.05, 4.69) is 58.4 Å². The van der Waals surface area contributed by atoms with Crippen LogP contribution in [0.1, 0.15) is 125 Å². The van der Waals surface area contributed by atoms with Crippen molar-refractivity contribution >= 4 is 115 Å². The predicted molar refractivity (Wildman–Crippen MR) is 371 cm³/mol. The first kappa shape index (κ1) is 71.6. The Hall–Kier alpha value is -8.83. The van der Waals surface area contributed by atoms with E-state index in [0.717, 1.165) is 82.9 Å². The highest BCUT2D eigenvalue weighted by atomic mass is 32.1. The van der Waals surface area contributed by atoms with E-state index >= 15 is 19.2 Å². The van der Waals surface area contributed by atoms with E-state index in [1.54, 1.807) is 50.4 Å². The first-order chi connectivity index (χ1) is 48.8. The van der Waals surface area contributed by atoms with Crippen molar-refractivity contribution in [2.45, 2.75) is 108 Å². The number of likely N-dealkylation sites (N-methyl/N-ethyl adjacent to an activating group) is 2. The quantitative estimate of drug-likeness (QED) is 0.0527. The van der Waals surface area contributed by atoms with Gasteiger partial charge in [0.25, 0.3) is 23.6 Å². The van der Waals surface area contributed by atoms with Gasteiger partial charge in [-0.15, -0.1) is 56.7 Å². The number of aliphatic hydroxyl groups is 2. The van der Waals surface area contributed by atoms with Gasteiger partial charge in [-0.25, -0.2) is 39.5 Å². The molecule has 5 aliphatic rings. The zero-order valence-electron chi connectivity index (χ0n) is 56.1. The number of carbonyl (C=O) groups is 7. The first-order valence-corrected chi connectivity index (χ1v) is 36.6. The number of benzene rings is 1. The average molecular weight is 1490 g/mol. The second-order valence-electron chi connectivity index (χ2n) is 25.4. The van der Waals surface area contributed by atoms with Crippen molar-refractivity contribution in [2.75, 3.05) is 74.1 Å². The number of piperazine rings is 1. The van der Waals surface area contributed by atoms with Gasteiger partial charge in [0.1, 0.15) is 120 Å². The monoisotopic (exact) mass is 1490 g/mol. The molecule has 0 radical (unpaired) electrons. The largest absolute Gasteiger partial charge is 0.506 e. The number of carbonyl (C=O) groups excluding carboxylic acids is 7. The molecule has 12 bridgehead atoms. The Morgan fingerprint density at radius 1 is 0.833 bits per heavy atom. The maximum absolute atomic E-state index is 15.2. The smallest absolute Gasteiger partial charge is 0.358 e. The molecule has 102 heavy (non-hydrogen) atoms. The SMILES string of the molecule is CO/C(C)=C1/NC(=O)C(C(C)O)NC(=O)c2csc(n2)-c2cc(O)c(-c3nc(C(=O)NCCN4CCN(C)CC4)cs3)nc2-c2csc(n2)C2COC(=O)c3c4c5c(cccc5n3O)COC(=O)C(OC3CC(C)(O)C(N(C)C)C(C)O3)C(OC4)C(NC(=O)c3csc1n3)c1nc(cs1)C(=O)N2. The predicted octanol–water partition coefficient (Wildman–Crippen LogP) is 4.14. The van der Waals surface area contributed by atoms with Crippen molar-refractivity contribution in [1.29, 1.82) is 0 Å². The summed E-state index contributed by atoms with van der Waals surface area (Å²) >= 11 is 4.76. The number of nitrogens with zero attached hydrogens (tertiary/aromatic N) is 10. The zero-order chi connectivity index (χ0) is 72.2. The number of aliphatic hydroxyl groups excluding tert-OH is 1. The summed E-state index contributed by atoms with van der Waals surface area (Å²) in [5, 5.41) is 69.1. The van der Waals surface area contributed by atoms with Gasteiger partial charge in [0.2, 0.25) is 5.91 Å². The average Bonchev–Trinajstić information content (AvgIpc) is 1.46. The normalized spacial score (nSPS) is 24.9. The van der Waals surface area contributed by atoms with Crippen molar-refractivity contribution in [3.63, 3.8) is 0 Å². The molecule has 2 saturated heterocycles. The third-order valence-corrected chi connectivity index (χ3v) is 22.5. The number of fused-ring (bicyclic) bond motifs is 15. The zero-order valence-corrected chi connectivity index (χ0v) is 60.2. The minimum absolute atomic E-state index is 0.000530. The van der Waals surface area contributed by atoms with Gasteiger partial charge in [-0.05, 0) is 66.5 Å². The lowest BCUT2D eigenvalue weighted by atomic mass is 9.85. The van der Waals surface area contributed by atoms with E-state index in [1.165, 1.54) is 54.6 Å². The second-order valence-corrected chi connectivity index (χ2v) is 29.8. The van der Waals surface area contributed by atoms with Gasteiger partial charge in [-0.3, -0.25) is 28.9 Å². The highest BCUT2D eigenvalue weighted by Crippen LogP contribution is 2.43. The van der Waals surface area contributed by atoms with Crippen LogP contribution in [0.15, 0.2) is 56.9 Å². The van der Waals surface area contributed by atoms with Crippen molar-refractivity contribution in [3.05, 3.63) is 112 Å². The molecule has 2 fully saturated rings. The number of allylic oxidation sites excluding steroid dienone is 1. The molecule has 5 aliphatic heterocycles. The fraction of sp³-hybridized carbons (Fsp3) is 0.431. The molecule has 0 spiro atoms. The number of thiazole rings is 5. The summed E-state index contributed by atoms with van der Waals surface area (Å²) in [6, 6.07) is 0.866. The van der Waals surface area contributed by atoms with E-state index in [-0.39, 0.29) is 105 Å². The number of pyridine rings is 1. The molecule has 1 aromatic carbocycles. The molecule has 8 aromatic rings. The second kappa shape index (κ2) is 29.5. The molecule has 32 nitrogen and oxygen atoms in total. The van der Waals surface area contributed by atoms with Crippen LogP contribution in [0.3, 0.4) is 0 Å². The number of cyclic esters (lactones) is 2. The standard InChI is InChI=1S/C65H71N15O17S5/c1-28(81)44-57(87)75-45(29(2)92-8)60-71-39(27-100-60)56(86)76-48-50-51(97-42-19-65(4,90)52(77(5)6)30(3)96-42)64(89)94-20-31-10-9-11-40-43(31)33(21-93-50)49(80(40)91)63(88)95-22-34(67-54(84)37-26-102-62(48)72-37)59-68-35(23-99-59)46-32(58-69-38(25-98-58)55(85)74-44)18-41(82)47(73-46)61-70-36(24-101-61)53(83)66-12-13-79-16-14-78(7)15-17-79/h9-11,18,23-28,30,34,42,44,48,50-52,81-82,90-91H,12-17,19-22H2,1-8H3,(H,66,83)(H,67,84)(H,74,85)(H,75,87)(H,76,86)/b45-29+. The van der Waals surface area contributed by atoms with Crippen LogP contribution in [-0.4, -0.2) is 234 Å². The molecule has 12 heterocycles. The lowest BCUT2D eigenvalue weighted by molar-refractivity contribution is -0.280. The Bertz CT molecular complexity index is 4610. The highest BCUT2D eigenvalue weighted by molar-refractivity contribution is 7.14. The van der Waals surface area contributed by atoms with Crippen LogP contribution in [0.25, 0.3) is 49.3 Å². The fourth-order valence-corrected chi connectivity index (χ4v) is 17.1. The summed E-state index contributed by atoms with van der Waals surface area (Å²) in [6.45, 7) is 8.88. The lowest BCUT2D eigenvalue weighted by Gasteiger charge is -2.48. The summed E-state index contributed by atoms with van der Waals surface area (Å²) in [6.07, 6.45) is -7.47. The molecule has 10 unspecified atom stereocenters. The molecule has 37 heteroatoms. The molecule has 0 saturated carbocycles. The van der Waals surface area contributed by atoms with Crippen LogP contribution in [0, 0.1) is 0 Å². The van der Waals surface area contributed by atoms with Crippen LogP contribution in [0.4, 0.5) is 0 Å². The number of hydrogen-bond acceptors (Lipinski definition) is 31. The van der Waals surface area contributed by atoms with E-state index < -0.39 is 133 Å². The Labute approximate surface area is 601 Å². The molecule has 10 atom stereocenters. The molecule has 13 rings (SSSR count). The van der Waals surface area contributed by atoms with Gasteiger partial charge < -0.3 is 85.3 Å². The van der Waals surface area contributed by atoms with Crippen LogP contribution >= 0.6 is 56.7 Å². The van der Waals surface area contributed by atoms with E-state index in [0.29, 0.717) is 23.4 Å². The van der Waals surface area contributed by atoms with Crippen LogP contribution < -0.4 is 26.6 Å². The summed E-state index contributed by atoms with van der Waals surface area (Å²) in [4.78, 5) is 138. The number of methoxy groups -OCH3 is 1. The van der Waals surface area contributed by atoms with Gasteiger partial charge in [-0.2, -0.15) is 4.73 Å². The first-order valence-electron chi connectivity index (χ1n) is 32.2. The van der Waals surface area contributed by atoms with Gasteiger partial charge in [-0.1, -0.05) is 12.1 Å². The van der Waals surface area contributed by atoms with Gasteiger partial charge in [0.15, 0.2) is 18.1 Å². The molecule has 7 aromatic heterocycles. The van der Waals surface area contributed by atoms with Gasteiger partial charge in [0.05, 0.1) is 43.1 Å². The highest BCUT2D eigenvalue weighted by Gasteiger charge is 2.50. The van der Waals surface area contributed by atoms with Crippen molar-refractivity contribution in [2.24, 2.45) is 0 Å². The number of esters is 2. The third kappa shape index (κ3) is 14.5. The molecular weight excluding hydrogens is 1420 g/mol. The van der Waals surface area contributed by atoms with Crippen LogP contribution in [0.2, 0.25) is 0 Å². The maximum atomic E-state index is 15.2. The molecule has 0 aliphatic carbocycles. The number of rotatable bonds is 10. The molecule has 9 N–H and O–H groups in total. The topological polar surface area (TPSA) is 408 Å². The Morgan fingerprint density at radius 3 is 2.25 bits per heavy atom. The molecule has 5 amide bonds. The van der Waals surface area contributed by atoms with Gasteiger partial charge in [0, 0.05) is 89.1 Å². The number of aromatic nitrogens is 7. The van der Waals surface area contributed by atoms with E-state index in [4.69, 9.17) is 43.4 Å². The summed E-state index contributed by atoms with van der Waals surface area (Å²) in [5.41, 5.74) is -2.06. The van der Waals surface area contributed by atoms with Crippen LogP contribution in [-0.2, 0) is 51.2 Å². The van der Waals surface area contributed by atoms with Gasteiger partial charge >= 0.3 is 11.9 Å². The van der Waals surface area contributed by atoms with E-state index in [9.17, 15) is 34.9 Å². The number of hydrogen-bond donors (Lipinski definition) is 9. The minimum atomic E-state index is -1.90. The van der Waals surface area contributed by atoms with Crippen molar-refractivity contribution in [3.8, 4) is 38.4 Å². The van der Waals surface area contributed by atoms with Crippen molar-refractivity contribution in [1.82, 2.24) is 75.9 Å². The summed E-state index contributed by atoms with van der Waals surface area (Å²) < 4.78 is 38.4. The number of aromatic hydroxyl groups is 1. The Balaban J connectivity index is 0.954. The molecule has 538 valence electrons. The van der Waals surface area contributed by atoms with Crippen molar-refractivity contribution < 1.29 is 82.5 Å². The third-order valence-electron chi connectivity index (χ3n) is 18.1. The molecular formula is C65H71N15O17S5. The van der Waals surface area contributed by atoms with Crippen LogP contribution in [0.5, 0.6) is 5.75 Å². The lowest BCUT2D eigenvalue weighted by Crippen LogP contribution is -2.62. The summed E-state index contributed by atoms with van der Waals surface area (Å²) in [5.74, 6) is -6.60. The Morgan fingerprint density at radius 2 is 1.51 bits per heavy atom.